The lowest BCUT2D eigenvalue weighted by molar-refractivity contribution is -0.165. The molecule has 0 unspecified atom stereocenters. The number of carbonyl (C=O) groups excluding carboxylic acids is 1. The number of hydrogen-bond donors (Lipinski definition) is 0. The van der Waals surface area contributed by atoms with Crippen LogP contribution in [-0.2, 0) is 16.0 Å². The third-order valence-corrected chi connectivity index (χ3v) is 4.03. The Morgan fingerprint density at radius 3 is 3.00 bits per heavy atom. The van der Waals surface area contributed by atoms with Gasteiger partial charge < -0.3 is 14.2 Å². The Balaban J connectivity index is 1.99. The van der Waals surface area contributed by atoms with Crippen molar-refractivity contribution in [3.05, 3.63) is 23.3 Å². The van der Waals surface area contributed by atoms with Crippen LogP contribution in [0.25, 0.3) is 0 Å². The minimum atomic E-state index is -0.533. The molecule has 0 amide bonds. The number of ether oxygens (including phenoxy) is 3. The average molecular weight is 262 g/mol. The van der Waals surface area contributed by atoms with Crippen molar-refractivity contribution in [2.75, 3.05) is 6.61 Å². The Labute approximate surface area is 112 Å². The first-order valence-corrected chi connectivity index (χ1v) is 6.63. The lowest BCUT2D eigenvalue weighted by Crippen LogP contribution is -2.42. The lowest BCUT2D eigenvalue weighted by Gasteiger charge is -2.37. The second kappa shape index (κ2) is 4.23. The molecule has 4 nitrogen and oxygen atoms in total. The van der Waals surface area contributed by atoms with Crippen molar-refractivity contribution in [2.45, 2.75) is 39.4 Å². The van der Waals surface area contributed by atoms with Crippen molar-refractivity contribution in [3.8, 4) is 11.5 Å². The van der Waals surface area contributed by atoms with E-state index in [1.54, 1.807) is 6.07 Å². The lowest BCUT2D eigenvalue weighted by atomic mass is 9.86. The number of hydrogen-bond acceptors (Lipinski definition) is 4. The van der Waals surface area contributed by atoms with E-state index in [9.17, 15) is 4.79 Å². The number of aryl methyl sites for hydroxylation is 1. The molecule has 1 aromatic carbocycles. The van der Waals surface area contributed by atoms with Gasteiger partial charge in [0.15, 0.2) is 0 Å². The molecule has 4 heteroatoms. The zero-order valence-electron chi connectivity index (χ0n) is 11.5. The molecule has 0 N–H and O–H groups in total. The molecule has 19 heavy (non-hydrogen) atoms. The fourth-order valence-electron chi connectivity index (χ4n) is 2.98. The number of benzene rings is 1. The Kier molecular flexibility index (Phi) is 2.78. The Bertz CT molecular complexity index is 537. The van der Waals surface area contributed by atoms with Gasteiger partial charge in [0.1, 0.15) is 11.5 Å². The van der Waals surface area contributed by atoms with E-state index < -0.39 is 5.79 Å². The smallest absolute Gasteiger partial charge is 0.308 e. The van der Waals surface area contributed by atoms with Crippen molar-refractivity contribution in [1.29, 1.82) is 0 Å². The molecule has 2 atom stereocenters. The van der Waals surface area contributed by atoms with E-state index in [-0.39, 0.29) is 5.97 Å². The summed E-state index contributed by atoms with van der Waals surface area (Å²) in [7, 11) is 0. The second-order valence-electron chi connectivity index (χ2n) is 5.47. The van der Waals surface area contributed by atoms with Gasteiger partial charge in [0.05, 0.1) is 6.61 Å². The highest BCUT2D eigenvalue weighted by Crippen LogP contribution is 2.45. The van der Waals surface area contributed by atoms with Gasteiger partial charge in [0.2, 0.25) is 5.79 Å². The van der Waals surface area contributed by atoms with Crippen LogP contribution in [0.1, 0.15) is 31.4 Å². The molecule has 2 heterocycles. The van der Waals surface area contributed by atoms with Crippen molar-refractivity contribution in [2.24, 2.45) is 5.92 Å². The minimum Gasteiger partial charge on any atom is -0.462 e. The van der Waals surface area contributed by atoms with E-state index in [0.29, 0.717) is 11.7 Å². The average Bonchev–Trinajstić information content (AvgIpc) is 2.66. The fourth-order valence-corrected chi connectivity index (χ4v) is 2.98. The highest BCUT2D eigenvalue weighted by atomic mass is 16.7. The third kappa shape index (κ3) is 2.10. The van der Waals surface area contributed by atoms with Crippen LogP contribution >= 0.6 is 0 Å². The van der Waals surface area contributed by atoms with E-state index >= 15 is 0 Å². The zero-order chi connectivity index (χ0) is 13.6. The SMILES string of the molecule is CC(=O)Oc1cc(C)c2c(c1)O[C@]1(C)OCC[C@@H]1C2. The predicted molar refractivity (Wildman–Crippen MR) is 69.3 cm³/mol. The molecule has 1 saturated heterocycles. The van der Waals surface area contributed by atoms with Crippen LogP contribution in [0.5, 0.6) is 11.5 Å². The Morgan fingerprint density at radius 2 is 2.26 bits per heavy atom. The topological polar surface area (TPSA) is 44.8 Å². The molecular formula is C15H18O4. The predicted octanol–water partition coefficient (Wildman–Crippen LogP) is 2.61. The molecule has 1 aromatic rings. The van der Waals surface area contributed by atoms with Gasteiger partial charge in [-0.3, -0.25) is 4.79 Å². The molecular weight excluding hydrogens is 244 g/mol. The Hall–Kier alpha value is -1.55. The zero-order valence-corrected chi connectivity index (χ0v) is 11.5. The maximum absolute atomic E-state index is 11.1. The molecule has 2 aliphatic rings. The highest BCUT2D eigenvalue weighted by Gasteiger charge is 2.46. The number of carbonyl (C=O) groups is 1. The van der Waals surface area contributed by atoms with Crippen LogP contribution in [0, 0.1) is 12.8 Å². The molecule has 0 spiro atoms. The standard InChI is InChI=1S/C15H18O4/c1-9-6-12(18-10(2)16)8-14-13(9)7-11-4-5-17-15(11,3)19-14/h6,8,11H,4-5,7H2,1-3H3/t11-,15+/m1/s1. The third-order valence-electron chi connectivity index (χ3n) is 4.03. The summed E-state index contributed by atoms with van der Waals surface area (Å²) in [5.41, 5.74) is 2.30. The summed E-state index contributed by atoms with van der Waals surface area (Å²) in [6.45, 7) is 6.15. The van der Waals surface area contributed by atoms with E-state index in [1.165, 1.54) is 12.5 Å². The van der Waals surface area contributed by atoms with Gasteiger partial charge in [-0.2, -0.15) is 0 Å². The summed E-state index contributed by atoms with van der Waals surface area (Å²) < 4.78 is 16.9. The molecule has 0 bridgehead atoms. The quantitative estimate of drug-likeness (QED) is 0.576. The summed E-state index contributed by atoms with van der Waals surface area (Å²) in [6, 6.07) is 3.68. The molecule has 2 aliphatic heterocycles. The molecule has 0 aliphatic carbocycles. The summed E-state index contributed by atoms with van der Waals surface area (Å²) >= 11 is 0. The van der Waals surface area contributed by atoms with Crippen molar-refractivity contribution in [3.63, 3.8) is 0 Å². The summed E-state index contributed by atoms with van der Waals surface area (Å²) in [5.74, 6) is 0.851. The number of rotatable bonds is 1. The summed E-state index contributed by atoms with van der Waals surface area (Å²) in [5, 5.41) is 0. The van der Waals surface area contributed by atoms with Gasteiger partial charge in [0.25, 0.3) is 0 Å². The van der Waals surface area contributed by atoms with E-state index in [4.69, 9.17) is 14.2 Å². The van der Waals surface area contributed by atoms with Gasteiger partial charge in [-0.05, 0) is 37.0 Å². The van der Waals surface area contributed by atoms with Crippen molar-refractivity contribution >= 4 is 5.97 Å². The number of fused-ring (bicyclic) bond motifs is 2. The van der Waals surface area contributed by atoms with Crippen molar-refractivity contribution < 1.29 is 19.0 Å². The first-order valence-electron chi connectivity index (χ1n) is 6.63. The maximum atomic E-state index is 11.1. The molecule has 3 rings (SSSR count). The van der Waals surface area contributed by atoms with Gasteiger partial charge >= 0.3 is 5.97 Å². The summed E-state index contributed by atoms with van der Waals surface area (Å²) in [4.78, 5) is 11.1. The van der Waals surface area contributed by atoms with Crippen LogP contribution in [0.3, 0.4) is 0 Å². The normalized spacial score (nSPS) is 28.3. The number of esters is 1. The van der Waals surface area contributed by atoms with Gasteiger partial charge in [0, 0.05) is 25.8 Å². The monoisotopic (exact) mass is 262 g/mol. The molecule has 0 saturated carbocycles. The van der Waals surface area contributed by atoms with Crippen LogP contribution in [0.2, 0.25) is 0 Å². The van der Waals surface area contributed by atoms with Crippen LogP contribution in [-0.4, -0.2) is 18.4 Å². The van der Waals surface area contributed by atoms with Crippen LogP contribution in [0.4, 0.5) is 0 Å². The van der Waals surface area contributed by atoms with Crippen molar-refractivity contribution in [1.82, 2.24) is 0 Å². The molecule has 1 fully saturated rings. The molecule has 0 radical (unpaired) electrons. The first-order chi connectivity index (χ1) is 8.98. The fraction of sp³-hybridized carbons (Fsp3) is 0.533. The van der Waals surface area contributed by atoms with E-state index in [1.807, 2.05) is 19.9 Å². The van der Waals surface area contributed by atoms with Gasteiger partial charge in [-0.25, -0.2) is 0 Å². The van der Waals surface area contributed by atoms with E-state index in [2.05, 4.69) is 0 Å². The minimum absolute atomic E-state index is 0.323. The largest absolute Gasteiger partial charge is 0.462 e. The maximum Gasteiger partial charge on any atom is 0.308 e. The van der Waals surface area contributed by atoms with E-state index in [0.717, 1.165) is 30.8 Å². The van der Waals surface area contributed by atoms with Crippen LogP contribution in [0.15, 0.2) is 12.1 Å². The van der Waals surface area contributed by atoms with Crippen LogP contribution < -0.4 is 9.47 Å². The highest BCUT2D eigenvalue weighted by molar-refractivity contribution is 5.69. The van der Waals surface area contributed by atoms with Gasteiger partial charge in [-0.15, -0.1) is 0 Å². The first kappa shape index (κ1) is 12.5. The molecule has 102 valence electrons. The second-order valence-corrected chi connectivity index (χ2v) is 5.47. The Morgan fingerprint density at radius 1 is 1.47 bits per heavy atom. The molecule has 0 aromatic heterocycles. The van der Waals surface area contributed by atoms with Gasteiger partial charge in [-0.1, -0.05) is 0 Å². The summed E-state index contributed by atoms with van der Waals surface area (Å²) in [6.07, 6.45) is 1.99.